The maximum atomic E-state index is 4.88. The summed E-state index contributed by atoms with van der Waals surface area (Å²) in [4.78, 5) is 0. The Balaban J connectivity index is 2.47. The third kappa shape index (κ3) is 1.47. The third-order valence-corrected chi connectivity index (χ3v) is 2.11. The van der Waals surface area contributed by atoms with Gasteiger partial charge in [0.2, 0.25) is 0 Å². The van der Waals surface area contributed by atoms with Crippen LogP contribution < -0.4 is 0 Å². The van der Waals surface area contributed by atoms with Crippen LogP contribution in [0.2, 0.25) is 0 Å². The smallest absolute Gasteiger partial charge is 0.131 e. The van der Waals surface area contributed by atoms with Crippen molar-refractivity contribution >= 4 is 0 Å². The van der Waals surface area contributed by atoms with E-state index < -0.39 is 0 Å². The minimum absolute atomic E-state index is 0.934. The van der Waals surface area contributed by atoms with Crippen molar-refractivity contribution in [3.8, 4) is 11.1 Å². The van der Waals surface area contributed by atoms with E-state index >= 15 is 0 Å². The summed E-state index contributed by atoms with van der Waals surface area (Å²) in [5.74, 6) is 0. The maximum absolute atomic E-state index is 4.88. The molecule has 0 aliphatic rings. The van der Waals surface area contributed by atoms with Gasteiger partial charge < -0.3 is 4.52 Å². The van der Waals surface area contributed by atoms with E-state index in [0.717, 1.165) is 16.8 Å². The molecule has 0 aliphatic carbocycles. The van der Waals surface area contributed by atoms with E-state index in [1.165, 1.54) is 5.56 Å². The molecule has 0 saturated carbocycles. The average molecular weight is 173 g/mol. The number of aryl methyl sites for hydroxylation is 2. The van der Waals surface area contributed by atoms with Gasteiger partial charge in [-0.2, -0.15) is 0 Å². The lowest BCUT2D eigenvalue weighted by molar-refractivity contribution is 0.415. The summed E-state index contributed by atoms with van der Waals surface area (Å²) in [6.45, 7) is 4.02. The van der Waals surface area contributed by atoms with E-state index in [9.17, 15) is 0 Å². The van der Waals surface area contributed by atoms with Gasteiger partial charge in [-0.25, -0.2) is 0 Å². The van der Waals surface area contributed by atoms with Gasteiger partial charge in [-0.3, -0.25) is 0 Å². The first-order valence-corrected chi connectivity index (χ1v) is 4.25. The molecule has 0 fully saturated rings. The van der Waals surface area contributed by atoms with Crippen LogP contribution in [-0.4, -0.2) is 5.16 Å². The molecule has 0 amide bonds. The molecule has 0 aliphatic heterocycles. The van der Waals surface area contributed by atoms with E-state index in [0.29, 0.717) is 0 Å². The van der Waals surface area contributed by atoms with E-state index in [-0.39, 0.29) is 0 Å². The van der Waals surface area contributed by atoms with Crippen molar-refractivity contribution in [3.63, 3.8) is 0 Å². The molecule has 66 valence electrons. The van der Waals surface area contributed by atoms with Gasteiger partial charge in [-0.15, -0.1) is 0 Å². The summed E-state index contributed by atoms with van der Waals surface area (Å²) >= 11 is 0. The topological polar surface area (TPSA) is 26.0 Å². The van der Waals surface area contributed by atoms with Crippen LogP contribution in [0.1, 0.15) is 11.3 Å². The second-order valence-electron chi connectivity index (χ2n) is 3.18. The molecule has 0 spiro atoms. The molecule has 0 atom stereocenters. The van der Waals surface area contributed by atoms with E-state index in [1.807, 2.05) is 6.92 Å². The molecule has 2 aromatic rings. The fraction of sp³-hybridized carbons (Fsp3) is 0.182. The summed E-state index contributed by atoms with van der Waals surface area (Å²) in [6.07, 6.45) is 1.68. The molecule has 13 heavy (non-hydrogen) atoms. The normalized spacial score (nSPS) is 10.3. The summed E-state index contributed by atoms with van der Waals surface area (Å²) in [6, 6.07) is 8.33. The summed E-state index contributed by atoms with van der Waals surface area (Å²) in [5.41, 5.74) is 4.42. The molecular weight excluding hydrogens is 162 g/mol. The van der Waals surface area contributed by atoms with Gasteiger partial charge in [0.1, 0.15) is 6.26 Å². The molecule has 0 N–H and O–H groups in total. The Bertz CT molecular complexity index is 400. The van der Waals surface area contributed by atoms with Crippen molar-refractivity contribution in [1.29, 1.82) is 0 Å². The molecule has 1 aromatic heterocycles. The molecule has 0 unspecified atom stereocenters. The van der Waals surface area contributed by atoms with Gasteiger partial charge in [0.15, 0.2) is 0 Å². The molecule has 2 heteroatoms. The van der Waals surface area contributed by atoms with Crippen molar-refractivity contribution in [1.82, 2.24) is 5.16 Å². The summed E-state index contributed by atoms with van der Waals surface area (Å²) < 4.78 is 4.88. The fourth-order valence-electron chi connectivity index (χ4n) is 1.30. The molecule has 1 aromatic carbocycles. The van der Waals surface area contributed by atoms with Crippen LogP contribution in [0.3, 0.4) is 0 Å². The van der Waals surface area contributed by atoms with Gasteiger partial charge >= 0.3 is 0 Å². The zero-order valence-electron chi connectivity index (χ0n) is 7.74. The predicted molar refractivity (Wildman–Crippen MR) is 51.4 cm³/mol. The van der Waals surface area contributed by atoms with Crippen LogP contribution in [0.25, 0.3) is 11.1 Å². The van der Waals surface area contributed by atoms with Crippen LogP contribution in [0, 0.1) is 13.8 Å². The maximum Gasteiger partial charge on any atom is 0.131 e. The molecule has 2 nitrogen and oxygen atoms in total. The quantitative estimate of drug-likeness (QED) is 0.662. The zero-order chi connectivity index (χ0) is 9.26. The van der Waals surface area contributed by atoms with Crippen molar-refractivity contribution in [3.05, 3.63) is 41.8 Å². The van der Waals surface area contributed by atoms with Crippen molar-refractivity contribution < 1.29 is 4.52 Å². The largest absolute Gasteiger partial charge is 0.364 e. The standard InChI is InChI=1S/C11H11NO/c1-8-3-5-10(6-4-8)11-7-13-12-9(11)2/h3-7H,1-2H3. The van der Waals surface area contributed by atoms with Crippen LogP contribution >= 0.6 is 0 Å². The molecule has 0 bridgehead atoms. The highest BCUT2D eigenvalue weighted by molar-refractivity contribution is 5.64. The molecule has 2 rings (SSSR count). The SMILES string of the molecule is Cc1ccc(-c2conc2C)cc1. The van der Waals surface area contributed by atoms with Gasteiger partial charge in [-0.1, -0.05) is 35.0 Å². The Kier molecular flexibility index (Phi) is 1.89. The average Bonchev–Trinajstić information content (AvgIpc) is 2.53. The summed E-state index contributed by atoms with van der Waals surface area (Å²) in [7, 11) is 0. The number of rotatable bonds is 1. The van der Waals surface area contributed by atoms with E-state index in [1.54, 1.807) is 6.26 Å². The highest BCUT2D eigenvalue weighted by Gasteiger charge is 2.04. The van der Waals surface area contributed by atoms with Gasteiger partial charge in [0.05, 0.1) is 5.69 Å². The van der Waals surface area contributed by atoms with E-state index in [2.05, 4.69) is 36.3 Å². The summed E-state index contributed by atoms with van der Waals surface area (Å²) in [5, 5.41) is 3.84. The lowest BCUT2D eigenvalue weighted by Crippen LogP contribution is -1.78. The number of hydrogen-bond acceptors (Lipinski definition) is 2. The van der Waals surface area contributed by atoms with Crippen molar-refractivity contribution in [2.75, 3.05) is 0 Å². The van der Waals surface area contributed by atoms with Crippen LogP contribution in [-0.2, 0) is 0 Å². The van der Waals surface area contributed by atoms with Crippen molar-refractivity contribution in [2.45, 2.75) is 13.8 Å². The third-order valence-electron chi connectivity index (χ3n) is 2.11. The number of nitrogens with zero attached hydrogens (tertiary/aromatic N) is 1. The minimum atomic E-state index is 0.934. The second kappa shape index (κ2) is 3.05. The van der Waals surface area contributed by atoms with Crippen molar-refractivity contribution in [2.24, 2.45) is 0 Å². The Morgan fingerprint density at radius 3 is 2.31 bits per heavy atom. The monoisotopic (exact) mass is 173 g/mol. The fourth-order valence-corrected chi connectivity index (χ4v) is 1.30. The molecule has 0 saturated heterocycles. The first-order valence-electron chi connectivity index (χ1n) is 4.25. The Labute approximate surface area is 77.2 Å². The lowest BCUT2D eigenvalue weighted by atomic mass is 10.1. The minimum Gasteiger partial charge on any atom is -0.364 e. The number of benzene rings is 1. The van der Waals surface area contributed by atoms with Gasteiger partial charge in [0, 0.05) is 5.56 Å². The van der Waals surface area contributed by atoms with Gasteiger partial charge in [0.25, 0.3) is 0 Å². The highest BCUT2D eigenvalue weighted by Crippen LogP contribution is 2.22. The predicted octanol–water partition coefficient (Wildman–Crippen LogP) is 2.96. The molecule has 1 heterocycles. The Morgan fingerprint density at radius 2 is 1.77 bits per heavy atom. The Hall–Kier alpha value is -1.57. The first kappa shape index (κ1) is 8.05. The lowest BCUT2D eigenvalue weighted by Gasteiger charge is -1.97. The zero-order valence-corrected chi connectivity index (χ0v) is 7.74. The van der Waals surface area contributed by atoms with Crippen LogP contribution in [0.4, 0.5) is 0 Å². The Morgan fingerprint density at radius 1 is 1.08 bits per heavy atom. The number of hydrogen-bond donors (Lipinski definition) is 0. The van der Waals surface area contributed by atoms with Gasteiger partial charge in [-0.05, 0) is 19.4 Å². The molecule has 0 radical (unpaired) electrons. The molecular formula is C11H11NO. The van der Waals surface area contributed by atoms with E-state index in [4.69, 9.17) is 4.52 Å². The highest BCUT2D eigenvalue weighted by atomic mass is 16.5. The van der Waals surface area contributed by atoms with Crippen LogP contribution in [0.15, 0.2) is 35.1 Å². The van der Waals surface area contributed by atoms with Crippen LogP contribution in [0.5, 0.6) is 0 Å². The second-order valence-corrected chi connectivity index (χ2v) is 3.18. The number of aromatic nitrogens is 1. The first-order chi connectivity index (χ1) is 6.27.